The first-order valence-corrected chi connectivity index (χ1v) is 9.72. The van der Waals surface area contributed by atoms with Crippen LogP contribution in [0.2, 0.25) is 0 Å². The Kier molecular flexibility index (Phi) is 4.97. The summed E-state index contributed by atoms with van der Waals surface area (Å²) in [6, 6.07) is 0.343. The number of esters is 1. The lowest BCUT2D eigenvalue weighted by Crippen LogP contribution is -2.58. The van der Waals surface area contributed by atoms with E-state index >= 15 is 0 Å². The number of hydrogen-bond donors (Lipinski definition) is 1. The number of fused-ring (bicyclic) bond motifs is 2. The lowest BCUT2D eigenvalue weighted by molar-refractivity contribution is -0.144. The largest absolute Gasteiger partial charge is 0.465 e. The number of rotatable bonds is 5. The Balaban J connectivity index is 1.73. The zero-order chi connectivity index (χ0) is 18.4. The molecule has 3 aliphatic rings. The van der Waals surface area contributed by atoms with Crippen molar-refractivity contribution in [2.45, 2.75) is 53.1 Å². The molecule has 1 heterocycles. The lowest BCUT2D eigenvalue weighted by atomic mass is 9.45. The molecule has 3 aliphatic carbocycles. The van der Waals surface area contributed by atoms with E-state index in [0.29, 0.717) is 27.5 Å². The number of hydrogen-bond acceptors (Lipinski definition) is 5. The van der Waals surface area contributed by atoms with E-state index in [0.717, 1.165) is 22.9 Å². The molecule has 0 radical (unpaired) electrons. The third-order valence-corrected chi connectivity index (χ3v) is 7.03. The van der Waals surface area contributed by atoms with Crippen LogP contribution in [-0.2, 0) is 16.1 Å². The van der Waals surface area contributed by atoms with E-state index in [4.69, 9.17) is 4.74 Å². The summed E-state index contributed by atoms with van der Waals surface area (Å²) < 4.78 is 6.41. The fourth-order valence-electron chi connectivity index (χ4n) is 4.55. The molecule has 1 aromatic heterocycles. The summed E-state index contributed by atoms with van der Waals surface area (Å²) in [7, 11) is 0. The van der Waals surface area contributed by atoms with Gasteiger partial charge in [0.25, 0.3) is 5.56 Å². The van der Waals surface area contributed by atoms with Gasteiger partial charge in [-0.25, -0.2) is 4.68 Å². The van der Waals surface area contributed by atoms with Gasteiger partial charge in [-0.1, -0.05) is 20.8 Å². The monoisotopic (exact) mass is 411 g/mol. The van der Waals surface area contributed by atoms with Crippen molar-refractivity contribution in [3.05, 3.63) is 21.0 Å². The lowest BCUT2D eigenvalue weighted by Gasteiger charge is -2.62. The van der Waals surface area contributed by atoms with Crippen LogP contribution >= 0.6 is 15.9 Å². The van der Waals surface area contributed by atoms with Gasteiger partial charge in [-0.2, -0.15) is 5.10 Å². The first-order chi connectivity index (χ1) is 11.8. The Bertz CT molecular complexity index is 731. The molecule has 6 nitrogen and oxygen atoms in total. The second kappa shape index (κ2) is 6.74. The quantitative estimate of drug-likeness (QED) is 0.753. The number of aromatic nitrogens is 2. The minimum atomic E-state index is -0.465. The third kappa shape index (κ3) is 3.23. The van der Waals surface area contributed by atoms with Gasteiger partial charge in [-0.15, -0.1) is 0 Å². The average molecular weight is 412 g/mol. The minimum absolute atomic E-state index is 0.177. The predicted octanol–water partition coefficient (Wildman–Crippen LogP) is 3.05. The maximum Gasteiger partial charge on any atom is 0.327 e. The van der Waals surface area contributed by atoms with Gasteiger partial charge in [0.2, 0.25) is 0 Å². The maximum atomic E-state index is 12.4. The van der Waals surface area contributed by atoms with Crippen molar-refractivity contribution in [2.75, 3.05) is 11.9 Å². The summed E-state index contributed by atoms with van der Waals surface area (Å²) in [6.07, 6.45) is 4.04. The molecule has 138 valence electrons. The standard InChI is InChI=1S/C18H26BrN3O3/c1-5-25-15(23)9-22-17(24)16(19)14(8-20-22)21-13-7-11-6-12(10(13)2)18(11,3)4/h8,10-13,21H,5-7,9H2,1-4H3/t10-,11+,12-,13-/m1/s1. The maximum absolute atomic E-state index is 12.4. The van der Waals surface area contributed by atoms with Gasteiger partial charge in [0.1, 0.15) is 11.0 Å². The Morgan fingerprint density at radius 2 is 2.20 bits per heavy atom. The molecule has 25 heavy (non-hydrogen) atoms. The number of anilines is 1. The van der Waals surface area contributed by atoms with Gasteiger partial charge in [0, 0.05) is 6.04 Å². The van der Waals surface area contributed by atoms with E-state index in [9.17, 15) is 9.59 Å². The predicted molar refractivity (Wildman–Crippen MR) is 99.4 cm³/mol. The highest BCUT2D eigenvalue weighted by Gasteiger charge is 2.56. The van der Waals surface area contributed by atoms with Crippen molar-refractivity contribution in [2.24, 2.45) is 23.2 Å². The summed E-state index contributed by atoms with van der Waals surface area (Å²) in [6.45, 7) is 8.87. The molecular formula is C18H26BrN3O3. The summed E-state index contributed by atoms with van der Waals surface area (Å²) in [5.41, 5.74) is 0.795. The zero-order valence-electron chi connectivity index (χ0n) is 15.2. The SMILES string of the molecule is CCOC(=O)Cn1ncc(N[C@@H]2C[C@@H]3C[C@H]([C@H]2C)C3(C)C)c(Br)c1=O. The fourth-order valence-corrected chi connectivity index (χ4v) is 4.97. The highest BCUT2D eigenvalue weighted by Crippen LogP contribution is 2.61. The molecule has 1 aromatic rings. The van der Waals surface area contributed by atoms with Gasteiger partial charge in [-0.3, -0.25) is 9.59 Å². The molecule has 0 amide bonds. The Hall–Kier alpha value is -1.37. The summed E-state index contributed by atoms with van der Waals surface area (Å²) in [5, 5.41) is 7.63. The van der Waals surface area contributed by atoms with Gasteiger partial charge < -0.3 is 10.1 Å². The minimum Gasteiger partial charge on any atom is -0.465 e. The Labute approximate surface area is 156 Å². The van der Waals surface area contributed by atoms with Crippen LogP contribution in [0.5, 0.6) is 0 Å². The molecule has 0 unspecified atom stereocenters. The van der Waals surface area contributed by atoms with E-state index < -0.39 is 5.97 Å². The second-order valence-corrected chi connectivity index (χ2v) is 8.64. The normalized spacial score (nSPS) is 29.6. The number of nitrogens with one attached hydrogen (secondary N) is 1. The van der Waals surface area contributed by atoms with E-state index in [1.165, 1.54) is 6.42 Å². The first-order valence-electron chi connectivity index (χ1n) is 8.93. The van der Waals surface area contributed by atoms with Crippen molar-refractivity contribution in [3.8, 4) is 0 Å². The van der Waals surface area contributed by atoms with Gasteiger partial charge in [-0.05, 0) is 58.9 Å². The average Bonchev–Trinajstić information content (AvgIpc) is 2.55. The van der Waals surface area contributed by atoms with Crippen molar-refractivity contribution < 1.29 is 9.53 Å². The number of halogens is 1. The van der Waals surface area contributed by atoms with Gasteiger partial charge >= 0.3 is 5.97 Å². The van der Waals surface area contributed by atoms with Crippen LogP contribution in [-0.4, -0.2) is 28.4 Å². The molecule has 0 aromatic carbocycles. The molecule has 4 atom stereocenters. The summed E-state index contributed by atoms with van der Waals surface area (Å²) in [4.78, 5) is 24.0. The van der Waals surface area contributed by atoms with Crippen LogP contribution in [0.15, 0.2) is 15.5 Å². The molecule has 1 N–H and O–H groups in total. The van der Waals surface area contributed by atoms with Gasteiger partial charge in [0.15, 0.2) is 0 Å². The Morgan fingerprint density at radius 3 is 2.80 bits per heavy atom. The molecule has 4 rings (SSSR count). The summed E-state index contributed by atoms with van der Waals surface area (Å²) in [5.74, 6) is 1.54. The molecular weight excluding hydrogens is 386 g/mol. The van der Waals surface area contributed by atoms with Crippen molar-refractivity contribution >= 4 is 27.6 Å². The summed E-state index contributed by atoms with van der Waals surface area (Å²) >= 11 is 3.37. The highest BCUT2D eigenvalue weighted by atomic mass is 79.9. The number of nitrogens with zero attached hydrogens (tertiary/aromatic N) is 2. The van der Waals surface area contributed by atoms with Crippen molar-refractivity contribution in [3.63, 3.8) is 0 Å². The van der Waals surface area contributed by atoms with E-state index in [2.05, 4.69) is 47.1 Å². The Morgan fingerprint density at radius 1 is 1.48 bits per heavy atom. The fraction of sp³-hybridized carbons (Fsp3) is 0.722. The van der Waals surface area contributed by atoms with E-state index in [-0.39, 0.29) is 18.7 Å². The zero-order valence-corrected chi connectivity index (χ0v) is 16.8. The van der Waals surface area contributed by atoms with Crippen LogP contribution in [0.4, 0.5) is 5.69 Å². The molecule has 3 saturated carbocycles. The van der Waals surface area contributed by atoms with E-state index in [1.54, 1.807) is 13.1 Å². The van der Waals surface area contributed by atoms with Crippen LogP contribution in [0, 0.1) is 23.2 Å². The molecule has 3 fully saturated rings. The van der Waals surface area contributed by atoms with Crippen LogP contribution < -0.4 is 10.9 Å². The molecule has 7 heteroatoms. The van der Waals surface area contributed by atoms with Crippen LogP contribution in [0.25, 0.3) is 0 Å². The number of carbonyl (C=O) groups is 1. The molecule has 0 aliphatic heterocycles. The smallest absolute Gasteiger partial charge is 0.327 e. The number of ether oxygens (including phenoxy) is 1. The molecule has 0 saturated heterocycles. The van der Waals surface area contributed by atoms with E-state index in [1.807, 2.05) is 0 Å². The van der Waals surface area contributed by atoms with Crippen LogP contribution in [0.1, 0.15) is 40.5 Å². The number of carbonyl (C=O) groups excluding carboxylic acids is 1. The second-order valence-electron chi connectivity index (χ2n) is 7.85. The first kappa shape index (κ1) is 18.4. The highest BCUT2D eigenvalue weighted by molar-refractivity contribution is 9.10. The molecule has 0 spiro atoms. The topological polar surface area (TPSA) is 73.2 Å². The van der Waals surface area contributed by atoms with Gasteiger partial charge in [0.05, 0.1) is 18.5 Å². The van der Waals surface area contributed by atoms with Crippen LogP contribution in [0.3, 0.4) is 0 Å². The molecule has 2 bridgehead atoms. The van der Waals surface area contributed by atoms with Crippen molar-refractivity contribution in [1.29, 1.82) is 0 Å². The third-order valence-electron chi connectivity index (χ3n) is 6.26. The van der Waals surface area contributed by atoms with Crippen molar-refractivity contribution in [1.82, 2.24) is 9.78 Å².